The van der Waals surface area contributed by atoms with Crippen molar-refractivity contribution < 1.29 is 14.2 Å². The maximum Gasteiger partial charge on any atom is 0.161 e. The van der Waals surface area contributed by atoms with E-state index in [0.29, 0.717) is 25.0 Å². The Morgan fingerprint density at radius 2 is 1.72 bits per heavy atom. The number of hydrogen-bond acceptors (Lipinski definition) is 3. The molecule has 1 saturated carbocycles. The maximum absolute atomic E-state index is 6.50. The van der Waals surface area contributed by atoms with E-state index in [1.165, 1.54) is 30.4 Å². The van der Waals surface area contributed by atoms with Gasteiger partial charge < -0.3 is 14.2 Å². The fourth-order valence-electron chi connectivity index (χ4n) is 4.15. The van der Waals surface area contributed by atoms with E-state index in [1.54, 1.807) is 0 Å². The first-order chi connectivity index (χ1) is 12.2. The Labute approximate surface area is 157 Å². The molecule has 3 rings (SSSR count). The summed E-state index contributed by atoms with van der Waals surface area (Å²) in [5.41, 5.74) is 2.57. The minimum absolute atomic E-state index is 0.0704. The number of rotatable bonds is 7. The fraction of sp³-hybridized carbons (Fsp3) is 0.714. The summed E-state index contributed by atoms with van der Waals surface area (Å²) in [7, 11) is 0. The molecule has 4 unspecified atom stereocenters. The molecule has 0 saturated heterocycles. The van der Waals surface area contributed by atoms with Crippen molar-refractivity contribution in [2.75, 3.05) is 19.8 Å². The summed E-state index contributed by atoms with van der Waals surface area (Å²) < 4.78 is 18.3. The van der Waals surface area contributed by atoms with Crippen LogP contribution in [0.2, 0.25) is 0 Å². The standard InChI is InChI=1S/C21H31ClO3/c1-4-9-23-19-11-17-16-8-6-7-15(16)13-25-21(14(3)22)18(17)12-20(19)24-10-5-2/h11-12,14-16,21H,4-10,13H2,1-3H3. The Balaban J connectivity index is 2.04. The van der Waals surface area contributed by atoms with Crippen LogP contribution in [0.4, 0.5) is 0 Å². The number of alkyl halides is 1. The number of benzene rings is 1. The highest BCUT2D eigenvalue weighted by Crippen LogP contribution is 2.49. The Kier molecular flexibility index (Phi) is 6.51. The highest BCUT2D eigenvalue weighted by molar-refractivity contribution is 6.20. The van der Waals surface area contributed by atoms with Crippen LogP contribution in [-0.2, 0) is 4.74 Å². The Bertz CT molecular complexity index is 546. The van der Waals surface area contributed by atoms with Crippen molar-refractivity contribution in [2.24, 2.45) is 5.92 Å². The van der Waals surface area contributed by atoms with Gasteiger partial charge in [-0.25, -0.2) is 0 Å². The summed E-state index contributed by atoms with van der Waals surface area (Å²) in [4.78, 5) is 0. The van der Waals surface area contributed by atoms with Crippen LogP contribution in [0.3, 0.4) is 0 Å². The van der Waals surface area contributed by atoms with Gasteiger partial charge in [0, 0.05) is 0 Å². The molecular weight excluding hydrogens is 336 g/mol. The monoisotopic (exact) mass is 366 g/mol. The Hall–Kier alpha value is -0.930. The van der Waals surface area contributed by atoms with Gasteiger partial charge in [-0.1, -0.05) is 20.3 Å². The van der Waals surface area contributed by atoms with Crippen LogP contribution in [0.5, 0.6) is 11.5 Å². The van der Waals surface area contributed by atoms with Gasteiger partial charge in [-0.2, -0.15) is 0 Å². The van der Waals surface area contributed by atoms with E-state index in [1.807, 2.05) is 6.92 Å². The first kappa shape index (κ1) is 18.8. The SMILES string of the molecule is CCCOc1cc2c(cc1OCCC)C(C(C)Cl)OCC1CCCC21. The first-order valence-electron chi connectivity index (χ1n) is 9.84. The molecule has 25 heavy (non-hydrogen) atoms. The molecule has 4 heteroatoms. The number of ether oxygens (including phenoxy) is 3. The lowest BCUT2D eigenvalue weighted by atomic mass is 9.85. The fourth-order valence-corrected chi connectivity index (χ4v) is 4.36. The van der Waals surface area contributed by atoms with E-state index in [2.05, 4.69) is 26.0 Å². The second-order valence-corrected chi connectivity index (χ2v) is 8.04. The average Bonchev–Trinajstić information content (AvgIpc) is 3.01. The van der Waals surface area contributed by atoms with Crippen LogP contribution in [0.15, 0.2) is 12.1 Å². The summed E-state index contributed by atoms with van der Waals surface area (Å²) >= 11 is 6.50. The van der Waals surface area contributed by atoms with Crippen LogP contribution in [0, 0.1) is 5.92 Å². The maximum atomic E-state index is 6.50. The third-order valence-corrected chi connectivity index (χ3v) is 5.57. The van der Waals surface area contributed by atoms with Gasteiger partial charge in [0.25, 0.3) is 0 Å². The molecule has 1 aliphatic heterocycles. The van der Waals surface area contributed by atoms with E-state index < -0.39 is 0 Å². The van der Waals surface area contributed by atoms with Crippen LogP contribution >= 0.6 is 11.6 Å². The minimum atomic E-state index is -0.0773. The quantitative estimate of drug-likeness (QED) is 0.567. The van der Waals surface area contributed by atoms with Gasteiger partial charge in [-0.05, 0) is 67.7 Å². The molecule has 0 spiro atoms. The molecule has 0 radical (unpaired) electrons. The summed E-state index contributed by atoms with van der Waals surface area (Å²) in [6, 6.07) is 4.36. The largest absolute Gasteiger partial charge is 0.490 e. The normalized spacial score (nSPS) is 26.5. The molecule has 2 aliphatic rings. The van der Waals surface area contributed by atoms with Crippen molar-refractivity contribution in [3.05, 3.63) is 23.3 Å². The predicted octanol–water partition coefficient (Wildman–Crippen LogP) is 5.85. The van der Waals surface area contributed by atoms with Crippen LogP contribution in [-0.4, -0.2) is 25.2 Å². The molecule has 1 aromatic carbocycles. The van der Waals surface area contributed by atoms with Crippen LogP contribution < -0.4 is 9.47 Å². The third-order valence-electron chi connectivity index (χ3n) is 5.34. The lowest BCUT2D eigenvalue weighted by molar-refractivity contribution is 0.0338. The van der Waals surface area contributed by atoms with Crippen molar-refractivity contribution in [1.82, 2.24) is 0 Å². The molecule has 140 valence electrons. The van der Waals surface area contributed by atoms with Crippen LogP contribution in [0.1, 0.15) is 76.0 Å². The molecule has 0 amide bonds. The summed E-state index contributed by atoms with van der Waals surface area (Å²) in [6.07, 6.45) is 5.63. The molecule has 1 fully saturated rings. The lowest BCUT2D eigenvalue weighted by Crippen LogP contribution is -2.15. The zero-order valence-electron chi connectivity index (χ0n) is 15.7. The van der Waals surface area contributed by atoms with Crippen molar-refractivity contribution in [1.29, 1.82) is 0 Å². The molecule has 1 heterocycles. The minimum Gasteiger partial charge on any atom is -0.490 e. The molecular formula is C21H31ClO3. The van der Waals surface area contributed by atoms with Gasteiger partial charge in [-0.15, -0.1) is 11.6 Å². The second kappa shape index (κ2) is 8.64. The van der Waals surface area contributed by atoms with E-state index in [4.69, 9.17) is 25.8 Å². The van der Waals surface area contributed by atoms with Crippen molar-refractivity contribution >= 4 is 11.6 Å². The van der Waals surface area contributed by atoms with E-state index >= 15 is 0 Å². The van der Waals surface area contributed by atoms with Crippen LogP contribution in [0.25, 0.3) is 0 Å². The Morgan fingerprint density at radius 3 is 2.32 bits per heavy atom. The third kappa shape index (κ3) is 4.09. The van der Waals surface area contributed by atoms with Crippen molar-refractivity contribution in [2.45, 2.75) is 70.3 Å². The zero-order chi connectivity index (χ0) is 17.8. The lowest BCUT2D eigenvalue weighted by Gasteiger charge is -2.24. The molecule has 4 atom stereocenters. The second-order valence-electron chi connectivity index (χ2n) is 7.35. The van der Waals surface area contributed by atoms with Gasteiger partial charge in [0.2, 0.25) is 0 Å². The van der Waals surface area contributed by atoms with Crippen molar-refractivity contribution in [3.8, 4) is 11.5 Å². The first-order valence-corrected chi connectivity index (χ1v) is 10.3. The zero-order valence-corrected chi connectivity index (χ0v) is 16.5. The summed E-state index contributed by atoms with van der Waals surface area (Å²) in [5.74, 6) is 2.86. The molecule has 1 aromatic rings. The number of hydrogen-bond donors (Lipinski definition) is 0. The Morgan fingerprint density at radius 1 is 1.08 bits per heavy atom. The molecule has 0 aromatic heterocycles. The molecule has 0 N–H and O–H groups in total. The highest BCUT2D eigenvalue weighted by Gasteiger charge is 2.37. The molecule has 0 bridgehead atoms. The van der Waals surface area contributed by atoms with Gasteiger partial charge in [0.15, 0.2) is 11.5 Å². The van der Waals surface area contributed by atoms with E-state index in [-0.39, 0.29) is 11.5 Å². The van der Waals surface area contributed by atoms with Gasteiger partial charge in [0.05, 0.1) is 31.3 Å². The molecule has 3 nitrogen and oxygen atoms in total. The van der Waals surface area contributed by atoms with Gasteiger partial charge in [-0.3, -0.25) is 0 Å². The predicted molar refractivity (Wildman–Crippen MR) is 102 cm³/mol. The van der Waals surface area contributed by atoms with E-state index in [9.17, 15) is 0 Å². The molecule has 1 aliphatic carbocycles. The summed E-state index contributed by atoms with van der Waals surface area (Å²) in [6.45, 7) is 8.47. The van der Waals surface area contributed by atoms with Gasteiger partial charge in [0.1, 0.15) is 0 Å². The number of halogens is 1. The van der Waals surface area contributed by atoms with Crippen molar-refractivity contribution in [3.63, 3.8) is 0 Å². The summed E-state index contributed by atoms with van der Waals surface area (Å²) in [5, 5.41) is -0.0704. The van der Waals surface area contributed by atoms with E-state index in [0.717, 1.165) is 30.9 Å². The van der Waals surface area contributed by atoms with Gasteiger partial charge >= 0.3 is 0 Å². The topological polar surface area (TPSA) is 27.7 Å². The number of fused-ring (bicyclic) bond motifs is 3. The smallest absolute Gasteiger partial charge is 0.161 e. The highest BCUT2D eigenvalue weighted by atomic mass is 35.5. The average molecular weight is 367 g/mol.